The lowest BCUT2D eigenvalue weighted by Crippen LogP contribution is -2.54. The van der Waals surface area contributed by atoms with Gasteiger partial charge in [0.25, 0.3) is 11.8 Å². The molecular weight excluding hydrogens is 472 g/mol. The van der Waals surface area contributed by atoms with Crippen molar-refractivity contribution >= 4 is 29.1 Å². The third-order valence-corrected chi connectivity index (χ3v) is 7.17. The van der Waals surface area contributed by atoms with Crippen molar-refractivity contribution in [1.82, 2.24) is 25.1 Å². The minimum absolute atomic E-state index is 0.0469. The predicted molar refractivity (Wildman–Crippen MR) is 139 cm³/mol. The van der Waals surface area contributed by atoms with Gasteiger partial charge in [-0.15, -0.1) is 0 Å². The smallest absolute Gasteiger partial charge is 0.271 e. The maximum Gasteiger partial charge on any atom is 0.271 e. The molecule has 4 N–H and O–H groups in total. The number of aromatic nitrogens is 4. The van der Waals surface area contributed by atoms with E-state index in [1.165, 1.54) is 0 Å². The van der Waals surface area contributed by atoms with E-state index in [0.29, 0.717) is 23.7 Å². The summed E-state index contributed by atoms with van der Waals surface area (Å²) in [6, 6.07) is 5.63. The molecule has 4 heterocycles. The number of carbonyl (C=O) groups excluding carboxylic acids is 2. The molecule has 37 heavy (non-hydrogen) atoms. The van der Waals surface area contributed by atoms with Crippen molar-refractivity contribution < 1.29 is 14.3 Å². The Morgan fingerprint density at radius 3 is 2.78 bits per heavy atom. The SMILES string of the molecule is C[C@@H]1[C@H](NC(=O)c2ccc3c(c2)C(C)(C)OC3)CCCN1c1cnc(C(N)=O)c(Nc2cnn(C)c2)n1. The van der Waals surface area contributed by atoms with Crippen LogP contribution in [-0.2, 0) is 24.0 Å². The number of nitrogens with two attached hydrogens (primary N) is 1. The molecule has 1 saturated heterocycles. The summed E-state index contributed by atoms with van der Waals surface area (Å²) >= 11 is 0. The lowest BCUT2D eigenvalue weighted by atomic mass is 9.93. The molecular formula is C26H32N8O3. The Morgan fingerprint density at radius 2 is 2.05 bits per heavy atom. The number of nitrogens with zero attached hydrogens (tertiary/aromatic N) is 5. The molecule has 2 amide bonds. The van der Waals surface area contributed by atoms with Gasteiger partial charge in [-0.1, -0.05) is 6.07 Å². The van der Waals surface area contributed by atoms with Gasteiger partial charge in [0.05, 0.1) is 30.3 Å². The molecule has 5 rings (SSSR count). The maximum absolute atomic E-state index is 13.2. The standard InChI is InChI=1S/C26H32N8O3/c1-15-20(31-25(36)16-7-8-17-14-37-26(2,3)19(17)10-16)6-5-9-34(15)21-12-28-22(23(27)35)24(32-21)30-18-11-29-33(4)13-18/h7-8,10-13,15,20H,5-6,9,14H2,1-4H3,(H2,27,35)(H,30,32)(H,31,36)/t15-,20-/m1/s1. The molecule has 11 nitrogen and oxygen atoms in total. The number of amides is 2. The van der Waals surface area contributed by atoms with Crippen LogP contribution < -0.4 is 21.3 Å². The summed E-state index contributed by atoms with van der Waals surface area (Å²) < 4.78 is 7.49. The Labute approximate surface area is 215 Å². The van der Waals surface area contributed by atoms with Crippen molar-refractivity contribution in [3.63, 3.8) is 0 Å². The van der Waals surface area contributed by atoms with E-state index in [0.717, 1.165) is 30.5 Å². The van der Waals surface area contributed by atoms with E-state index in [2.05, 4.69) is 37.5 Å². The summed E-state index contributed by atoms with van der Waals surface area (Å²) in [6.45, 7) is 7.40. The van der Waals surface area contributed by atoms with E-state index in [9.17, 15) is 9.59 Å². The lowest BCUT2D eigenvalue weighted by molar-refractivity contribution is -0.00790. The van der Waals surface area contributed by atoms with Crippen LogP contribution in [0.4, 0.5) is 17.3 Å². The molecule has 2 aromatic heterocycles. The fourth-order valence-electron chi connectivity index (χ4n) is 5.06. The number of nitrogens with one attached hydrogen (secondary N) is 2. The number of aryl methyl sites for hydroxylation is 1. The van der Waals surface area contributed by atoms with Gasteiger partial charge in [0, 0.05) is 37.4 Å². The van der Waals surface area contributed by atoms with Crippen molar-refractivity contribution in [3.8, 4) is 0 Å². The zero-order valence-corrected chi connectivity index (χ0v) is 21.5. The molecule has 1 fully saturated rings. The van der Waals surface area contributed by atoms with Crippen molar-refractivity contribution in [2.24, 2.45) is 12.8 Å². The monoisotopic (exact) mass is 504 g/mol. The number of rotatable bonds is 6. The Balaban J connectivity index is 1.35. The minimum Gasteiger partial charge on any atom is -0.366 e. The van der Waals surface area contributed by atoms with Gasteiger partial charge in [-0.2, -0.15) is 5.10 Å². The summed E-state index contributed by atoms with van der Waals surface area (Å²) in [7, 11) is 1.80. The quantitative estimate of drug-likeness (QED) is 0.465. The van der Waals surface area contributed by atoms with Gasteiger partial charge in [0.15, 0.2) is 11.5 Å². The maximum atomic E-state index is 13.2. The summed E-state index contributed by atoms with van der Waals surface area (Å²) in [4.78, 5) is 36.3. The van der Waals surface area contributed by atoms with Crippen LogP contribution in [0, 0.1) is 0 Å². The van der Waals surface area contributed by atoms with Crippen LogP contribution in [0.2, 0.25) is 0 Å². The number of hydrogen-bond donors (Lipinski definition) is 3. The third-order valence-electron chi connectivity index (χ3n) is 7.17. The van der Waals surface area contributed by atoms with Crippen molar-refractivity contribution in [1.29, 1.82) is 0 Å². The average molecular weight is 505 g/mol. The van der Waals surface area contributed by atoms with Crippen molar-refractivity contribution in [2.75, 3.05) is 16.8 Å². The van der Waals surface area contributed by atoms with E-state index in [1.807, 2.05) is 32.0 Å². The molecule has 194 valence electrons. The van der Waals surface area contributed by atoms with Gasteiger partial charge in [-0.05, 0) is 56.9 Å². The van der Waals surface area contributed by atoms with E-state index in [4.69, 9.17) is 10.5 Å². The Kier molecular flexibility index (Phi) is 6.32. The highest BCUT2D eigenvalue weighted by Crippen LogP contribution is 2.36. The third kappa shape index (κ3) is 4.86. The van der Waals surface area contributed by atoms with Crippen molar-refractivity contribution in [2.45, 2.75) is 57.9 Å². The Hall–Kier alpha value is -3.99. The normalized spacial score (nSPS) is 20.4. The fraction of sp³-hybridized carbons (Fsp3) is 0.423. The van der Waals surface area contributed by atoms with E-state index < -0.39 is 11.5 Å². The van der Waals surface area contributed by atoms with E-state index in [-0.39, 0.29) is 29.5 Å². The zero-order valence-electron chi connectivity index (χ0n) is 21.5. The first-order valence-electron chi connectivity index (χ1n) is 12.4. The molecule has 0 saturated carbocycles. The summed E-state index contributed by atoms with van der Waals surface area (Å²) in [6.07, 6.45) is 6.65. The molecule has 2 aliphatic rings. The largest absolute Gasteiger partial charge is 0.366 e. The number of primary amides is 1. The molecule has 0 radical (unpaired) electrons. The van der Waals surface area contributed by atoms with Crippen LogP contribution in [0.5, 0.6) is 0 Å². The Morgan fingerprint density at radius 1 is 1.24 bits per heavy atom. The van der Waals surface area contributed by atoms with E-state index >= 15 is 0 Å². The summed E-state index contributed by atoms with van der Waals surface area (Å²) in [5.74, 6) is 0.0714. The van der Waals surface area contributed by atoms with Gasteiger partial charge in [0.2, 0.25) is 0 Å². The van der Waals surface area contributed by atoms with Gasteiger partial charge >= 0.3 is 0 Å². The highest BCUT2D eigenvalue weighted by Gasteiger charge is 2.33. The predicted octanol–water partition coefficient (Wildman–Crippen LogP) is 2.61. The van der Waals surface area contributed by atoms with Crippen LogP contribution in [0.1, 0.15) is 65.6 Å². The molecule has 11 heteroatoms. The van der Waals surface area contributed by atoms with Gasteiger partial charge < -0.3 is 26.0 Å². The van der Waals surface area contributed by atoms with Crippen LogP contribution in [-0.4, -0.2) is 50.2 Å². The van der Waals surface area contributed by atoms with E-state index in [1.54, 1.807) is 30.3 Å². The summed E-state index contributed by atoms with van der Waals surface area (Å²) in [5, 5.41) is 10.4. The van der Waals surface area contributed by atoms with Gasteiger partial charge in [0.1, 0.15) is 5.82 Å². The zero-order chi connectivity index (χ0) is 26.3. The Bertz CT molecular complexity index is 1350. The molecule has 1 aromatic carbocycles. The number of piperidine rings is 1. The number of ether oxygens (including phenoxy) is 1. The molecule has 0 aliphatic carbocycles. The number of benzene rings is 1. The van der Waals surface area contributed by atoms with Gasteiger partial charge in [-0.25, -0.2) is 9.97 Å². The number of anilines is 3. The fourth-order valence-corrected chi connectivity index (χ4v) is 5.06. The average Bonchev–Trinajstić information content (AvgIpc) is 3.41. The second-order valence-electron chi connectivity index (χ2n) is 10.1. The first-order chi connectivity index (χ1) is 17.6. The number of fused-ring (bicyclic) bond motifs is 1. The topological polar surface area (TPSA) is 140 Å². The molecule has 2 atom stereocenters. The highest BCUT2D eigenvalue weighted by molar-refractivity contribution is 5.96. The summed E-state index contributed by atoms with van der Waals surface area (Å²) in [5.41, 5.74) is 8.64. The van der Waals surface area contributed by atoms with Crippen LogP contribution in [0.3, 0.4) is 0 Å². The first-order valence-corrected chi connectivity index (χ1v) is 12.4. The molecule has 0 bridgehead atoms. The second-order valence-corrected chi connectivity index (χ2v) is 10.1. The van der Waals surface area contributed by atoms with Gasteiger partial charge in [-0.3, -0.25) is 14.3 Å². The highest BCUT2D eigenvalue weighted by atomic mass is 16.5. The molecule has 0 unspecified atom stereocenters. The van der Waals surface area contributed by atoms with Crippen LogP contribution >= 0.6 is 0 Å². The lowest BCUT2D eigenvalue weighted by Gasteiger charge is -2.40. The second kappa shape index (κ2) is 9.47. The minimum atomic E-state index is -0.676. The van der Waals surface area contributed by atoms with Crippen LogP contribution in [0.25, 0.3) is 0 Å². The first kappa shape index (κ1) is 24.7. The van der Waals surface area contributed by atoms with Crippen LogP contribution in [0.15, 0.2) is 36.8 Å². The van der Waals surface area contributed by atoms with Crippen molar-refractivity contribution in [3.05, 3.63) is 59.2 Å². The number of carbonyl (C=O) groups is 2. The number of hydrogen-bond acceptors (Lipinski definition) is 8. The molecule has 2 aliphatic heterocycles. The molecule has 3 aromatic rings. The molecule has 0 spiro atoms.